The third-order valence-corrected chi connectivity index (χ3v) is 10.8. The van der Waals surface area contributed by atoms with Crippen LogP contribution in [0.3, 0.4) is 0 Å². The van der Waals surface area contributed by atoms with Gasteiger partial charge in [0.2, 0.25) is 11.8 Å². The lowest BCUT2D eigenvalue weighted by Crippen LogP contribution is -2.61. The minimum atomic E-state index is -1.61. The van der Waals surface area contributed by atoms with Crippen LogP contribution >= 0.6 is 0 Å². The van der Waals surface area contributed by atoms with E-state index in [1.165, 1.54) is 0 Å². The van der Waals surface area contributed by atoms with Gasteiger partial charge < -0.3 is 31.5 Å². The molecule has 2 aliphatic carbocycles. The molecule has 0 aromatic rings. The number of aliphatic carboxylic acids is 1. The van der Waals surface area contributed by atoms with E-state index in [1.54, 1.807) is 20.8 Å². The number of Topliss-reactive ketones (excluding diaryl/α,β-unsaturated/α-hetero) is 2. The molecule has 12 heteroatoms. The first-order valence-corrected chi connectivity index (χ1v) is 18.9. The highest BCUT2D eigenvalue weighted by Gasteiger charge is 2.53. The smallest absolute Gasteiger partial charge is 0.315 e. The molecule has 12 nitrogen and oxygen atoms in total. The Kier molecular flexibility index (Phi) is 15.3. The summed E-state index contributed by atoms with van der Waals surface area (Å²) in [5, 5.41) is 32.0. The molecule has 4 amide bonds. The van der Waals surface area contributed by atoms with E-state index in [-0.39, 0.29) is 54.9 Å². The molecule has 6 N–H and O–H groups in total. The molecule has 0 aliphatic heterocycles. The Morgan fingerprint density at radius 3 is 1.76 bits per heavy atom. The number of aliphatic hydroxyl groups is 1. The number of carbonyl (C=O) groups excluding carboxylic acids is 5. The lowest BCUT2D eigenvalue weighted by molar-refractivity contribution is -0.155. The molecule has 0 bridgehead atoms. The fraction of sp³-hybridized carbons (Fsp3) is 0.846. The largest absolute Gasteiger partial charge is 0.481 e. The van der Waals surface area contributed by atoms with Gasteiger partial charge in [-0.25, -0.2) is 4.79 Å². The highest BCUT2D eigenvalue weighted by atomic mass is 16.4. The monoisotopic (exact) mass is 721 g/mol. The van der Waals surface area contributed by atoms with Crippen molar-refractivity contribution in [2.24, 2.45) is 39.4 Å². The van der Waals surface area contributed by atoms with E-state index in [0.717, 1.165) is 19.3 Å². The zero-order valence-electron chi connectivity index (χ0n) is 33.2. The lowest BCUT2D eigenvalue weighted by Gasteiger charge is -2.37. The van der Waals surface area contributed by atoms with Crippen molar-refractivity contribution in [3.63, 3.8) is 0 Å². The Balaban J connectivity index is 2.45. The standard InChI is InChI=1S/C39H68N4O8/c1-23-15-14-16-24(2)29(23)41-35(51)43-30(38(9,10)11)27(45)19-25(20-28(46)37(6,7)8)32(47)42-31(39(34(49)50)17-12-13-18-39)33(48)40-26(22-44)21-36(3,4)5/h23-26,29-31,44H,12-22H2,1-11H3,(H,40,48)(H,42,47)(H,49,50)(H2,41,43,51)/t23-,24+,25-,26+,29?,30-,31-/m1/s1. The average molecular weight is 721 g/mol. The van der Waals surface area contributed by atoms with Gasteiger partial charge in [-0.2, -0.15) is 0 Å². The summed E-state index contributed by atoms with van der Waals surface area (Å²) in [5.41, 5.74) is -3.47. The van der Waals surface area contributed by atoms with Gasteiger partial charge in [0.1, 0.15) is 11.8 Å². The van der Waals surface area contributed by atoms with E-state index in [2.05, 4.69) is 35.1 Å². The molecule has 292 valence electrons. The van der Waals surface area contributed by atoms with E-state index < -0.39 is 76.3 Å². The summed E-state index contributed by atoms with van der Waals surface area (Å²) in [6.45, 7) is 20.2. The quantitative estimate of drug-likeness (QED) is 0.134. The van der Waals surface area contributed by atoms with Gasteiger partial charge in [0.05, 0.1) is 30.0 Å². The molecule has 2 rings (SSSR count). The van der Waals surface area contributed by atoms with Crippen molar-refractivity contribution in [3.8, 4) is 0 Å². The lowest BCUT2D eigenvalue weighted by atomic mass is 9.76. The van der Waals surface area contributed by atoms with E-state index in [1.807, 2.05) is 41.5 Å². The van der Waals surface area contributed by atoms with E-state index in [9.17, 15) is 39.0 Å². The van der Waals surface area contributed by atoms with Gasteiger partial charge in [0.15, 0.2) is 5.78 Å². The van der Waals surface area contributed by atoms with Gasteiger partial charge in [-0.1, -0.05) is 95.4 Å². The number of hydrogen-bond donors (Lipinski definition) is 6. The number of carboxylic acid groups (broad SMARTS) is 1. The van der Waals surface area contributed by atoms with Crippen LogP contribution in [0.25, 0.3) is 0 Å². The maximum atomic E-state index is 14.3. The first-order chi connectivity index (χ1) is 23.3. The molecular weight excluding hydrogens is 652 g/mol. The minimum Gasteiger partial charge on any atom is -0.481 e. The second-order valence-corrected chi connectivity index (χ2v) is 18.8. The fourth-order valence-corrected chi connectivity index (χ4v) is 7.75. The molecule has 7 atom stereocenters. The number of rotatable bonds is 15. The highest BCUT2D eigenvalue weighted by molar-refractivity contribution is 5.98. The normalized spacial score (nSPS) is 23.3. The molecule has 1 unspecified atom stereocenters. The van der Waals surface area contributed by atoms with Crippen LogP contribution in [-0.2, 0) is 24.0 Å². The molecule has 0 heterocycles. The summed E-state index contributed by atoms with van der Waals surface area (Å²) >= 11 is 0. The first kappa shape index (κ1) is 44.1. The van der Waals surface area contributed by atoms with Crippen molar-refractivity contribution >= 4 is 35.4 Å². The second-order valence-electron chi connectivity index (χ2n) is 18.8. The molecule has 51 heavy (non-hydrogen) atoms. The van der Waals surface area contributed by atoms with Gasteiger partial charge in [-0.3, -0.25) is 24.0 Å². The summed E-state index contributed by atoms with van der Waals surface area (Å²) in [7, 11) is 0. The predicted molar refractivity (Wildman–Crippen MR) is 197 cm³/mol. The summed E-state index contributed by atoms with van der Waals surface area (Å²) < 4.78 is 0. The Bertz CT molecular complexity index is 1240. The summed E-state index contributed by atoms with van der Waals surface area (Å²) in [5.74, 6) is -4.16. The Morgan fingerprint density at radius 1 is 0.765 bits per heavy atom. The fourth-order valence-electron chi connectivity index (χ4n) is 7.75. The number of carboxylic acids is 1. The number of nitrogens with one attached hydrogen (secondary N) is 4. The van der Waals surface area contributed by atoms with Crippen LogP contribution in [0.1, 0.15) is 140 Å². The molecule has 2 fully saturated rings. The number of carbonyl (C=O) groups is 6. The van der Waals surface area contributed by atoms with Crippen molar-refractivity contribution in [1.29, 1.82) is 0 Å². The molecule has 0 radical (unpaired) electrons. The SMILES string of the molecule is C[C@@H]1CCC[C@H](C)C1NC(=O)N[C@H](C(=O)C[C@H](CC(=O)C(C)(C)C)C(=O)N[C@H](C(=O)N[C@H](CO)CC(C)(C)C)C1(C(=O)O)CCCC1)C(C)(C)C. The van der Waals surface area contributed by atoms with E-state index >= 15 is 0 Å². The van der Waals surface area contributed by atoms with Crippen molar-refractivity contribution in [2.45, 2.75) is 165 Å². The van der Waals surface area contributed by atoms with Gasteiger partial charge in [0.25, 0.3) is 0 Å². The topological polar surface area (TPSA) is 191 Å². The molecule has 0 aromatic heterocycles. The Morgan fingerprint density at radius 2 is 1.31 bits per heavy atom. The van der Waals surface area contributed by atoms with E-state index in [0.29, 0.717) is 19.3 Å². The van der Waals surface area contributed by atoms with Crippen LogP contribution in [0.5, 0.6) is 0 Å². The highest BCUT2D eigenvalue weighted by Crippen LogP contribution is 2.42. The number of urea groups is 1. The van der Waals surface area contributed by atoms with Crippen molar-refractivity contribution in [1.82, 2.24) is 21.3 Å². The van der Waals surface area contributed by atoms with Crippen LogP contribution in [0, 0.1) is 39.4 Å². The van der Waals surface area contributed by atoms with Crippen LogP contribution in [0.4, 0.5) is 4.79 Å². The first-order valence-electron chi connectivity index (χ1n) is 18.9. The van der Waals surface area contributed by atoms with Crippen molar-refractivity contribution in [2.75, 3.05) is 6.61 Å². The summed E-state index contributed by atoms with van der Waals surface area (Å²) in [4.78, 5) is 81.9. The van der Waals surface area contributed by atoms with Gasteiger partial charge in [0, 0.05) is 24.3 Å². The predicted octanol–water partition coefficient (Wildman–Crippen LogP) is 5.15. The molecule has 0 aromatic carbocycles. The molecule has 0 spiro atoms. The van der Waals surface area contributed by atoms with Crippen LogP contribution in [-0.4, -0.2) is 76.4 Å². The minimum absolute atomic E-state index is 0.0496. The maximum absolute atomic E-state index is 14.3. The maximum Gasteiger partial charge on any atom is 0.315 e. The second kappa shape index (κ2) is 17.7. The zero-order valence-corrected chi connectivity index (χ0v) is 33.2. The third-order valence-electron chi connectivity index (χ3n) is 10.8. The average Bonchev–Trinajstić information content (AvgIpc) is 3.49. The van der Waals surface area contributed by atoms with Gasteiger partial charge in [-0.05, 0) is 54.8 Å². The number of aliphatic hydroxyl groups excluding tert-OH is 1. The zero-order chi connectivity index (χ0) is 39.1. The summed E-state index contributed by atoms with van der Waals surface area (Å²) in [6, 6.07) is -3.73. The van der Waals surface area contributed by atoms with E-state index in [4.69, 9.17) is 0 Å². The van der Waals surface area contributed by atoms with Crippen LogP contribution < -0.4 is 21.3 Å². The molecule has 0 saturated heterocycles. The summed E-state index contributed by atoms with van der Waals surface area (Å²) in [6.07, 6.45) is 4.14. The van der Waals surface area contributed by atoms with Gasteiger partial charge in [-0.15, -0.1) is 0 Å². The third kappa shape index (κ3) is 12.6. The van der Waals surface area contributed by atoms with Crippen LogP contribution in [0.2, 0.25) is 0 Å². The Labute approximate surface area is 305 Å². The molecular formula is C39H68N4O8. The van der Waals surface area contributed by atoms with Crippen molar-refractivity contribution < 1.29 is 39.0 Å². The number of ketones is 2. The van der Waals surface area contributed by atoms with Gasteiger partial charge >= 0.3 is 12.0 Å². The molecule has 2 aliphatic rings. The Hall–Kier alpha value is -3.02. The molecule has 2 saturated carbocycles. The number of amides is 4. The van der Waals surface area contributed by atoms with Crippen molar-refractivity contribution in [3.05, 3.63) is 0 Å². The van der Waals surface area contributed by atoms with Crippen LogP contribution in [0.15, 0.2) is 0 Å². The number of hydrogen-bond acceptors (Lipinski definition) is 7.